The Morgan fingerprint density at radius 3 is 2.92 bits per heavy atom. The summed E-state index contributed by atoms with van der Waals surface area (Å²) in [6.45, 7) is 0. The molecule has 1 heterocycles. The Morgan fingerprint density at radius 2 is 2.42 bits per heavy atom. The van der Waals surface area contributed by atoms with Crippen LogP contribution >= 0.6 is 0 Å². The molecule has 1 saturated carbocycles. The molecule has 1 aromatic heterocycles. The van der Waals surface area contributed by atoms with E-state index in [0.717, 1.165) is 18.5 Å². The zero-order valence-corrected chi connectivity index (χ0v) is 6.58. The predicted molar refractivity (Wildman–Crippen MR) is 42.1 cm³/mol. The van der Waals surface area contributed by atoms with Crippen molar-refractivity contribution in [2.75, 3.05) is 0 Å². The number of hydrogen-bond donors (Lipinski definition) is 2. The minimum absolute atomic E-state index is 0.333. The van der Waals surface area contributed by atoms with Gasteiger partial charge < -0.3 is 5.11 Å². The van der Waals surface area contributed by atoms with Crippen LogP contribution in [0.5, 0.6) is 0 Å². The molecule has 1 aliphatic carbocycles. The number of nitrogens with one attached hydrogen (secondary N) is 1. The van der Waals surface area contributed by atoms with Crippen molar-refractivity contribution < 1.29 is 9.90 Å². The Kier molecular flexibility index (Phi) is 1.60. The van der Waals surface area contributed by atoms with Crippen LogP contribution in [0.1, 0.15) is 41.2 Å². The van der Waals surface area contributed by atoms with E-state index in [1.165, 1.54) is 12.6 Å². The third-order valence-electron chi connectivity index (χ3n) is 2.41. The standard InChI is InChI=1S/C8H10N2O2/c11-8(12)6-4-9-10-7(6)5-2-1-3-5/h4-5H,1-3H2,(H,9,10)(H,11,12). The highest BCUT2D eigenvalue weighted by atomic mass is 16.4. The van der Waals surface area contributed by atoms with Crippen LogP contribution in [0.15, 0.2) is 6.20 Å². The van der Waals surface area contributed by atoms with Crippen molar-refractivity contribution in [3.8, 4) is 0 Å². The molecular weight excluding hydrogens is 156 g/mol. The van der Waals surface area contributed by atoms with Crippen molar-refractivity contribution >= 4 is 5.97 Å². The van der Waals surface area contributed by atoms with Gasteiger partial charge in [-0.25, -0.2) is 4.79 Å². The molecule has 12 heavy (non-hydrogen) atoms. The van der Waals surface area contributed by atoms with Crippen LogP contribution in [0, 0.1) is 0 Å². The minimum Gasteiger partial charge on any atom is -0.478 e. The molecule has 1 fully saturated rings. The fourth-order valence-electron chi connectivity index (χ4n) is 1.47. The first-order valence-electron chi connectivity index (χ1n) is 4.05. The molecular formula is C8H10N2O2. The maximum Gasteiger partial charge on any atom is 0.339 e. The van der Waals surface area contributed by atoms with Crippen molar-refractivity contribution in [1.82, 2.24) is 10.2 Å². The molecule has 0 radical (unpaired) electrons. The van der Waals surface area contributed by atoms with Crippen molar-refractivity contribution in [2.45, 2.75) is 25.2 Å². The van der Waals surface area contributed by atoms with Crippen LogP contribution < -0.4 is 0 Å². The number of carbonyl (C=O) groups is 1. The molecule has 0 aliphatic heterocycles. The van der Waals surface area contributed by atoms with Crippen LogP contribution in [-0.2, 0) is 0 Å². The average Bonchev–Trinajstić information content (AvgIpc) is 2.31. The van der Waals surface area contributed by atoms with E-state index >= 15 is 0 Å². The van der Waals surface area contributed by atoms with E-state index in [4.69, 9.17) is 5.11 Å². The van der Waals surface area contributed by atoms with Gasteiger partial charge in [0.15, 0.2) is 0 Å². The largest absolute Gasteiger partial charge is 0.478 e. The van der Waals surface area contributed by atoms with Gasteiger partial charge >= 0.3 is 5.97 Å². The Hall–Kier alpha value is -1.32. The molecule has 4 heteroatoms. The van der Waals surface area contributed by atoms with Gasteiger partial charge in [-0.05, 0) is 12.8 Å². The summed E-state index contributed by atoms with van der Waals surface area (Å²) in [6.07, 6.45) is 4.75. The van der Waals surface area contributed by atoms with Crippen LogP contribution in [0.2, 0.25) is 0 Å². The maximum atomic E-state index is 10.7. The highest BCUT2D eigenvalue weighted by molar-refractivity contribution is 5.88. The second-order valence-corrected chi connectivity index (χ2v) is 3.13. The summed E-state index contributed by atoms with van der Waals surface area (Å²) in [5, 5.41) is 15.3. The first-order valence-corrected chi connectivity index (χ1v) is 4.05. The second kappa shape index (κ2) is 2.62. The van der Waals surface area contributed by atoms with Crippen molar-refractivity contribution in [3.05, 3.63) is 17.5 Å². The van der Waals surface area contributed by atoms with Gasteiger partial charge in [0.2, 0.25) is 0 Å². The average molecular weight is 166 g/mol. The predicted octanol–water partition coefficient (Wildman–Crippen LogP) is 1.38. The minimum atomic E-state index is -0.884. The molecule has 1 aromatic rings. The molecule has 1 aliphatic rings. The summed E-state index contributed by atoms with van der Waals surface area (Å²) in [4.78, 5) is 10.7. The molecule has 0 unspecified atom stereocenters. The quantitative estimate of drug-likeness (QED) is 0.697. The highest BCUT2D eigenvalue weighted by Gasteiger charge is 2.25. The maximum absolute atomic E-state index is 10.7. The molecule has 0 atom stereocenters. The van der Waals surface area contributed by atoms with E-state index in [-0.39, 0.29) is 0 Å². The molecule has 2 rings (SSSR count). The number of H-pyrrole nitrogens is 1. The third kappa shape index (κ3) is 0.995. The fourth-order valence-corrected chi connectivity index (χ4v) is 1.47. The summed E-state index contributed by atoms with van der Waals surface area (Å²) < 4.78 is 0. The Labute approximate surface area is 69.6 Å². The van der Waals surface area contributed by atoms with Crippen LogP contribution in [0.25, 0.3) is 0 Å². The Morgan fingerprint density at radius 1 is 1.67 bits per heavy atom. The van der Waals surface area contributed by atoms with Gasteiger partial charge in [-0.15, -0.1) is 0 Å². The van der Waals surface area contributed by atoms with Gasteiger partial charge in [-0.3, -0.25) is 5.10 Å². The zero-order chi connectivity index (χ0) is 8.55. The Bertz CT molecular complexity index is 302. The summed E-state index contributed by atoms with van der Waals surface area (Å²) in [5.74, 6) is -0.482. The molecule has 0 bridgehead atoms. The van der Waals surface area contributed by atoms with Crippen molar-refractivity contribution in [2.24, 2.45) is 0 Å². The molecule has 4 nitrogen and oxygen atoms in total. The molecule has 0 amide bonds. The number of rotatable bonds is 2. The van der Waals surface area contributed by atoms with E-state index in [0.29, 0.717) is 11.5 Å². The van der Waals surface area contributed by atoms with Gasteiger partial charge in [0, 0.05) is 5.92 Å². The molecule has 0 spiro atoms. The summed E-state index contributed by atoms with van der Waals surface area (Å²) in [7, 11) is 0. The van der Waals surface area contributed by atoms with E-state index in [9.17, 15) is 4.79 Å². The monoisotopic (exact) mass is 166 g/mol. The topological polar surface area (TPSA) is 66.0 Å². The van der Waals surface area contributed by atoms with Crippen LogP contribution in [0.4, 0.5) is 0 Å². The van der Waals surface area contributed by atoms with Crippen LogP contribution in [0.3, 0.4) is 0 Å². The number of aromatic carboxylic acids is 1. The van der Waals surface area contributed by atoms with E-state index in [1.54, 1.807) is 0 Å². The second-order valence-electron chi connectivity index (χ2n) is 3.13. The number of nitrogens with zero attached hydrogens (tertiary/aromatic N) is 1. The van der Waals surface area contributed by atoms with Gasteiger partial charge in [0.25, 0.3) is 0 Å². The number of carboxylic acids is 1. The molecule has 64 valence electrons. The number of aromatic amines is 1. The molecule has 2 N–H and O–H groups in total. The summed E-state index contributed by atoms with van der Waals surface area (Å²) >= 11 is 0. The van der Waals surface area contributed by atoms with Crippen molar-refractivity contribution in [1.29, 1.82) is 0 Å². The van der Waals surface area contributed by atoms with Crippen LogP contribution in [-0.4, -0.2) is 21.3 Å². The van der Waals surface area contributed by atoms with Gasteiger partial charge in [-0.2, -0.15) is 5.10 Å². The summed E-state index contributed by atoms with van der Waals surface area (Å²) in [5.41, 5.74) is 1.13. The van der Waals surface area contributed by atoms with Crippen molar-refractivity contribution in [3.63, 3.8) is 0 Å². The fraction of sp³-hybridized carbons (Fsp3) is 0.500. The van der Waals surface area contributed by atoms with Gasteiger partial charge in [0.05, 0.1) is 11.9 Å². The van der Waals surface area contributed by atoms with E-state index < -0.39 is 5.97 Å². The molecule has 0 saturated heterocycles. The smallest absolute Gasteiger partial charge is 0.339 e. The highest BCUT2D eigenvalue weighted by Crippen LogP contribution is 2.36. The molecule has 0 aromatic carbocycles. The number of hydrogen-bond acceptors (Lipinski definition) is 2. The number of carboxylic acid groups (broad SMARTS) is 1. The number of aromatic nitrogens is 2. The lowest BCUT2D eigenvalue weighted by molar-refractivity contribution is 0.0694. The van der Waals surface area contributed by atoms with Gasteiger partial charge in [-0.1, -0.05) is 6.42 Å². The zero-order valence-electron chi connectivity index (χ0n) is 6.58. The lowest BCUT2D eigenvalue weighted by atomic mass is 9.82. The first kappa shape index (κ1) is 7.34. The SMILES string of the molecule is O=C(O)c1cn[nH]c1C1CCC1. The summed E-state index contributed by atoms with van der Waals surface area (Å²) in [6, 6.07) is 0. The third-order valence-corrected chi connectivity index (χ3v) is 2.41. The lowest BCUT2D eigenvalue weighted by Crippen LogP contribution is -2.13. The lowest BCUT2D eigenvalue weighted by Gasteiger charge is -2.24. The van der Waals surface area contributed by atoms with E-state index in [2.05, 4.69) is 10.2 Å². The van der Waals surface area contributed by atoms with E-state index in [1.807, 2.05) is 0 Å². The Balaban J connectivity index is 2.29. The van der Waals surface area contributed by atoms with Gasteiger partial charge in [0.1, 0.15) is 5.56 Å². The normalized spacial score (nSPS) is 17.3. The first-order chi connectivity index (χ1) is 5.79.